The van der Waals surface area contributed by atoms with Gasteiger partial charge in [0, 0.05) is 6.54 Å². The molecule has 23 heavy (non-hydrogen) atoms. The van der Waals surface area contributed by atoms with Crippen molar-refractivity contribution in [3.05, 3.63) is 23.8 Å². The van der Waals surface area contributed by atoms with Crippen LogP contribution in [0.2, 0.25) is 0 Å². The highest BCUT2D eigenvalue weighted by molar-refractivity contribution is 5.81. The van der Waals surface area contributed by atoms with Gasteiger partial charge in [0.05, 0.1) is 19.8 Å². The molecule has 0 aliphatic carbocycles. The van der Waals surface area contributed by atoms with Crippen LogP contribution in [-0.2, 0) is 11.2 Å². The fraction of sp³-hybridized carbons (Fsp3) is 0.611. The first-order valence-corrected chi connectivity index (χ1v) is 8.36. The Labute approximate surface area is 139 Å². The predicted molar refractivity (Wildman–Crippen MR) is 92.9 cm³/mol. The minimum Gasteiger partial charge on any atom is -0.493 e. The SMILES string of the molecule is CCOc1cc(CCCNC(=O)C(N)C(C)CC)ccc1OC. The largest absolute Gasteiger partial charge is 0.493 e. The van der Waals surface area contributed by atoms with Gasteiger partial charge in [0.1, 0.15) is 0 Å². The summed E-state index contributed by atoms with van der Waals surface area (Å²) in [6, 6.07) is 5.51. The summed E-state index contributed by atoms with van der Waals surface area (Å²) in [5, 5.41) is 2.91. The molecule has 0 aliphatic rings. The van der Waals surface area contributed by atoms with Gasteiger partial charge in [-0.3, -0.25) is 4.79 Å². The second kappa shape index (κ2) is 10.1. The molecule has 0 spiro atoms. The van der Waals surface area contributed by atoms with Crippen molar-refractivity contribution in [3.63, 3.8) is 0 Å². The van der Waals surface area contributed by atoms with E-state index < -0.39 is 6.04 Å². The summed E-state index contributed by atoms with van der Waals surface area (Å²) in [7, 11) is 1.63. The smallest absolute Gasteiger partial charge is 0.237 e. The van der Waals surface area contributed by atoms with Crippen molar-refractivity contribution < 1.29 is 14.3 Å². The summed E-state index contributed by atoms with van der Waals surface area (Å²) in [6.45, 7) is 7.21. The van der Waals surface area contributed by atoms with Crippen LogP contribution in [0.4, 0.5) is 0 Å². The van der Waals surface area contributed by atoms with Gasteiger partial charge in [0.2, 0.25) is 5.91 Å². The molecule has 0 aliphatic heterocycles. The number of nitrogens with one attached hydrogen (secondary N) is 1. The van der Waals surface area contributed by atoms with E-state index in [1.54, 1.807) is 7.11 Å². The molecule has 5 heteroatoms. The van der Waals surface area contributed by atoms with Crippen LogP contribution in [0.25, 0.3) is 0 Å². The first-order valence-electron chi connectivity index (χ1n) is 8.36. The molecule has 0 aromatic heterocycles. The maximum absolute atomic E-state index is 11.9. The number of aryl methyl sites for hydroxylation is 1. The summed E-state index contributed by atoms with van der Waals surface area (Å²) in [5.41, 5.74) is 7.07. The van der Waals surface area contributed by atoms with E-state index in [-0.39, 0.29) is 11.8 Å². The quantitative estimate of drug-likeness (QED) is 0.649. The molecule has 0 saturated heterocycles. The van der Waals surface area contributed by atoms with Gasteiger partial charge in [-0.25, -0.2) is 0 Å². The number of rotatable bonds is 10. The highest BCUT2D eigenvalue weighted by Gasteiger charge is 2.18. The van der Waals surface area contributed by atoms with Crippen LogP contribution >= 0.6 is 0 Å². The molecule has 1 aromatic rings. The van der Waals surface area contributed by atoms with Gasteiger partial charge in [0.15, 0.2) is 11.5 Å². The number of hydrogen-bond acceptors (Lipinski definition) is 4. The third kappa shape index (κ3) is 6.10. The molecular formula is C18H30N2O3. The summed E-state index contributed by atoms with van der Waals surface area (Å²) >= 11 is 0. The van der Waals surface area contributed by atoms with Gasteiger partial charge < -0.3 is 20.5 Å². The van der Waals surface area contributed by atoms with E-state index in [4.69, 9.17) is 15.2 Å². The van der Waals surface area contributed by atoms with Crippen molar-refractivity contribution >= 4 is 5.91 Å². The topological polar surface area (TPSA) is 73.6 Å². The lowest BCUT2D eigenvalue weighted by Gasteiger charge is -2.17. The van der Waals surface area contributed by atoms with E-state index >= 15 is 0 Å². The maximum Gasteiger partial charge on any atom is 0.237 e. The fourth-order valence-corrected chi connectivity index (χ4v) is 2.28. The Morgan fingerprint density at radius 1 is 1.30 bits per heavy atom. The van der Waals surface area contributed by atoms with E-state index in [1.807, 2.05) is 39.0 Å². The second-order valence-electron chi connectivity index (χ2n) is 5.72. The Kier molecular flexibility index (Phi) is 8.48. The van der Waals surface area contributed by atoms with Gasteiger partial charge in [-0.15, -0.1) is 0 Å². The van der Waals surface area contributed by atoms with Gasteiger partial charge in [-0.2, -0.15) is 0 Å². The van der Waals surface area contributed by atoms with Crippen LogP contribution in [0, 0.1) is 5.92 Å². The zero-order valence-corrected chi connectivity index (χ0v) is 14.7. The molecule has 130 valence electrons. The number of nitrogens with two attached hydrogens (primary N) is 1. The van der Waals surface area contributed by atoms with Crippen molar-refractivity contribution in [2.24, 2.45) is 11.7 Å². The van der Waals surface area contributed by atoms with Crippen molar-refractivity contribution in [3.8, 4) is 11.5 Å². The Hall–Kier alpha value is -1.75. The molecule has 1 amide bonds. The number of hydrogen-bond donors (Lipinski definition) is 2. The minimum absolute atomic E-state index is 0.0657. The third-order valence-electron chi connectivity index (χ3n) is 4.03. The Bertz CT molecular complexity index is 491. The predicted octanol–water partition coefficient (Wildman–Crippen LogP) is 2.52. The lowest BCUT2D eigenvalue weighted by atomic mass is 9.99. The van der Waals surface area contributed by atoms with E-state index in [0.29, 0.717) is 13.2 Å². The van der Waals surface area contributed by atoms with Crippen molar-refractivity contribution in [1.29, 1.82) is 0 Å². The van der Waals surface area contributed by atoms with Crippen molar-refractivity contribution in [1.82, 2.24) is 5.32 Å². The average Bonchev–Trinajstić information content (AvgIpc) is 2.57. The molecule has 3 N–H and O–H groups in total. The maximum atomic E-state index is 11.9. The Morgan fingerprint density at radius 2 is 2.04 bits per heavy atom. The van der Waals surface area contributed by atoms with E-state index in [0.717, 1.165) is 36.3 Å². The lowest BCUT2D eigenvalue weighted by molar-refractivity contribution is -0.123. The molecule has 2 atom stereocenters. The molecule has 2 unspecified atom stereocenters. The van der Waals surface area contributed by atoms with Crippen LogP contribution < -0.4 is 20.5 Å². The number of carbonyl (C=O) groups excluding carboxylic acids is 1. The first-order chi connectivity index (χ1) is 11.0. The first kappa shape index (κ1) is 19.3. The molecule has 0 radical (unpaired) electrons. The van der Waals surface area contributed by atoms with Gasteiger partial charge in [0.25, 0.3) is 0 Å². The Balaban J connectivity index is 2.44. The van der Waals surface area contributed by atoms with Crippen LogP contribution in [0.3, 0.4) is 0 Å². The van der Waals surface area contributed by atoms with Gasteiger partial charge in [-0.05, 0) is 43.4 Å². The van der Waals surface area contributed by atoms with Crippen LogP contribution in [0.1, 0.15) is 39.2 Å². The number of carbonyl (C=O) groups is 1. The van der Waals surface area contributed by atoms with E-state index in [9.17, 15) is 4.79 Å². The number of ether oxygens (including phenoxy) is 2. The monoisotopic (exact) mass is 322 g/mol. The molecule has 0 fully saturated rings. The normalized spacial score (nSPS) is 13.3. The molecule has 1 rings (SSSR count). The molecule has 0 bridgehead atoms. The fourth-order valence-electron chi connectivity index (χ4n) is 2.28. The molecule has 1 aromatic carbocycles. The second-order valence-corrected chi connectivity index (χ2v) is 5.72. The summed E-state index contributed by atoms with van der Waals surface area (Å²) in [4.78, 5) is 11.9. The summed E-state index contributed by atoms with van der Waals surface area (Å²) in [5.74, 6) is 1.63. The third-order valence-corrected chi connectivity index (χ3v) is 4.03. The van der Waals surface area contributed by atoms with Gasteiger partial charge in [-0.1, -0.05) is 26.3 Å². The van der Waals surface area contributed by atoms with Gasteiger partial charge >= 0.3 is 0 Å². The zero-order valence-electron chi connectivity index (χ0n) is 14.7. The zero-order chi connectivity index (χ0) is 17.2. The van der Waals surface area contributed by atoms with Crippen LogP contribution in [0.5, 0.6) is 11.5 Å². The highest BCUT2D eigenvalue weighted by atomic mass is 16.5. The Morgan fingerprint density at radius 3 is 2.65 bits per heavy atom. The molecule has 5 nitrogen and oxygen atoms in total. The number of methoxy groups -OCH3 is 1. The molecule has 0 heterocycles. The summed E-state index contributed by atoms with van der Waals surface area (Å²) < 4.78 is 10.8. The van der Waals surface area contributed by atoms with E-state index in [1.165, 1.54) is 0 Å². The van der Waals surface area contributed by atoms with Crippen LogP contribution in [-0.4, -0.2) is 32.2 Å². The highest BCUT2D eigenvalue weighted by Crippen LogP contribution is 2.28. The molecule has 0 saturated carbocycles. The van der Waals surface area contributed by atoms with Crippen LogP contribution in [0.15, 0.2) is 18.2 Å². The average molecular weight is 322 g/mol. The van der Waals surface area contributed by atoms with Crippen molar-refractivity contribution in [2.75, 3.05) is 20.3 Å². The van der Waals surface area contributed by atoms with E-state index in [2.05, 4.69) is 5.32 Å². The summed E-state index contributed by atoms with van der Waals surface area (Å²) in [6.07, 6.45) is 2.63. The minimum atomic E-state index is -0.425. The number of benzene rings is 1. The number of amides is 1. The molecular weight excluding hydrogens is 292 g/mol. The lowest BCUT2D eigenvalue weighted by Crippen LogP contribution is -2.44. The standard InChI is InChI=1S/C18H30N2O3/c1-5-13(3)17(19)18(21)20-11-7-8-14-9-10-15(22-4)16(12-14)23-6-2/h9-10,12-13,17H,5-8,11,19H2,1-4H3,(H,20,21). The van der Waals surface area contributed by atoms with Crippen molar-refractivity contribution in [2.45, 2.75) is 46.1 Å².